The normalized spacial score (nSPS) is 11.4. The molecule has 7 heteroatoms. The molecule has 0 bridgehead atoms. The van der Waals surface area contributed by atoms with Crippen molar-refractivity contribution < 1.29 is 22.7 Å². The molecule has 0 aliphatic rings. The van der Waals surface area contributed by atoms with Gasteiger partial charge in [0.1, 0.15) is 0 Å². The fourth-order valence-corrected chi connectivity index (χ4v) is 3.98. The van der Waals surface area contributed by atoms with Gasteiger partial charge in [-0.2, -0.15) is 0 Å². The highest BCUT2D eigenvalue weighted by Crippen LogP contribution is 2.20. The molecule has 0 saturated heterocycles. The number of furan rings is 1. The van der Waals surface area contributed by atoms with Gasteiger partial charge in [-0.3, -0.25) is 0 Å². The van der Waals surface area contributed by atoms with E-state index in [1.807, 2.05) is 30.3 Å². The molecule has 1 aromatic carbocycles. The summed E-state index contributed by atoms with van der Waals surface area (Å²) < 4.78 is 28.7. The van der Waals surface area contributed by atoms with Crippen molar-refractivity contribution in [3.05, 3.63) is 48.2 Å². The molecular formula is C13H12O5S2. The van der Waals surface area contributed by atoms with Gasteiger partial charge in [0.15, 0.2) is 0 Å². The first-order chi connectivity index (χ1) is 9.49. The lowest BCUT2D eigenvalue weighted by Gasteiger charge is -2.01. The predicted molar refractivity (Wildman–Crippen MR) is 74.9 cm³/mol. The molecule has 1 N–H and O–H groups in total. The predicted octanol–water partition coefficient (Wildman–Crippen LogP) is 2.54. The molecule has 0 spiro atoms. The second kappa shape index (κ2) is 6.15. The van der Waals surface area contributed by atoms with Crippen LogP contribution >= 0.6 is 11.8 Å². The average Bonchev–Trinajstić information content (AvgIpc) is 2.90. The lowest BCUT2D eigenvalue weighted by Crippen LogP contribution is -2.08. The molecule has 0 fully saturated rings. The van der Waals surface area contributed by atoms with E-state index in [9.17, 15) is 13.2 Å². The molecule has 2 aromatic rings. The third-order valence-electron chi connectivity index (χ3n) is 2.46. The maximum Gasteiger partial charge on any atom is 0.371 e. The molecule has 1 heterocycles. The standard InChI is InChI=1S/C13H12O5S2/c14-13(15)11-6-7-12(18-11)20(16,17)9-8-19-10-4-2-1-3-5-10/h1-7H,8-9H2,(H,14,15). The third kappa shape index (κ3) is 3.64. The molecule has 5 nitrogen and oxygen atoms in total. The number of aromatic carboxylic acids is 1. The highest BCUT2D eigenvalue weighted by molar-refractivity contribution is 8.00. The number of hydrogen-bond donors (Lipinski definition) is 1. The van der Waals surface area contributed by atoms with Gasteiger partial charge in [0.2, 0.25) is 20.7 Å². The van der Waals surface area contributed by atoms with Gasteiger partial charge in [-0.25, -0.2) is 13.2 Å². The SMILES string of the molecule is O=C(O)c1ccc(S(=O)(=O)CCSc2ccccc2)o1. The van der Waals surface area contributed by atoms with Crippen LogP contribution in [0.3, 0.4) is 0 Å². The van der Waals surface area contributed by atoms with Crippen molar-refractivity contribution in [3.63, 3.8) is 0 Å². The average molecular weight is 312 g/mol. The number of carbonyl (C=O) groups is 1. The van der Waals surface area contributed by atoms with Crippen molar-refractivity contribution in [2.45, 2.75) is 9.99 Å². The number of carboxylic acid groups (broad SMARTS) is 1. The summed E-state index contributed by atoms with van der Waals surface area (Å²) in [4.78, 5) is 11.6. The fourth-order valence-electron chi connectivity index (χ4n) is 1.49. The Morgan fingerprint density at radius 3 is 2.45 bits per heavy atom. The van der Waals surface area contributed by atoms with Crippen molar-refractivity contribution in [2.75, 3.05) is 11.5 Å². The van der Waals surface area contributed by atoms with Gasteiger partial charge in [-0.05, 0) is 24.3 Å². The van der Waals surface area contributed by atoms with Crippen LogP contribution in [0.4, 0.5) is 0 Å². The Morgan fingerprint density at radius 1 is 1.15 bits per heavy atom. The van der Waals surface area contributed by atoms with E-state index in [0.717, 1.165) is 11.0 Å². The number of benzene rings is 1. The van der Waals surface area contributed by atoms with E-state index in [1.165, 1.54) is 17.8 Å². The molecule has 0 saturated carbocycles. The number of hydrogen-bond acceptors (Lipinski definition) is 5. The van der Waals surface area contributed by atoms with Gasteiger partial charge in [-0.15, -0.1) is 11.8 Å². The van der Waals surface area contributed by atoms with Crippen molar-refractivity contribution in [2.24, 2.45) is 0 Å². The molecular weight excluding hydrogens is 300 g/mol. The minimum Gasteiger partial charge on any atom is -0.475 e. The van der Waals surface area contributed by atoms with Gasteiger partial charge in [0.25, 0.3) is 0 Å². The summed E-state index contributed by atoms with van der Waals surface area (Å²) in [5, 5.41) is 8.39. The van der Waals surface area contributed by atoms with E-state index in [1.54, 1.807) is 0 Å². The molecule has 0 atom stereocenters. The molecule has 0 unspecified atom stereocenters. The quantitative estimate of drug-likeness (QED) is 0.825. The van der Waals surface area contributed by atoms with Gasteiger partial charge >= 0.3 is 5.97 Å². The Bertz CT molecular complexity index is 689. The van der Waals surface area contributed by atoms with Crippen LogP contribution in [0, 0.1) is 0 Å². The van der Waals surface area contributed by atoms with E-state index in [4.69, 9.17) is 9.52 Å². The highest BCUT2D eigenvalue weighted by Gasteiger charge is 2.20. The Kier molecular flexibility index (Phi) is 4.51. The maximum absolute atomic E-state index is 12.0. The first-order valence-electron chi connectivity index (χ1n) is 5.73. The molecule has 0 aliphatic heterocycles. The van der Waals surface area contributed by atoms with Crippen molar-refractivity contribution in [1.29, 1.82) is 0 Å². The summed E-state index contributed by atoms with van der Waals surface area (Å²) in [6, 6.07) is 11.7. The summed E-state index contributed by atoms with van der Waals surface area (Å²) in [6.45, 7) is 0. The Hall–Kier alpha value is -1.73. The first kappa shape index (κ1) is 14.7. The first-order valence-corrected chi connectivity index (χ1v) is 8.36. The fraction of sp³-hybridized carbons (Fsp3) is 0.154. The number of sulfone groups is 1. The summed E-state index contributed by atoms with van der Waals surface area (Å²) in [6.07, 6.45) is 0. The van der Waals surface area contributed by atoms with Crippen LogP contribution < -0.4 is 0 Å². The highest BCUT2D eigenvalue weighted by atomic mass is 32.2. The van der Waals surface area contributed by atoms with Crippen molar-refractivity contribution in [3.8, 4) is 0 Å². The van der Waals surface area contributed by atoms with Crippen molar-refractivity contribution in [1.82, 2.24) is 0 Å². The van der Waals surface area contributed by atoms with E-state index < -0.39 is 15.8 Å². The Labute approximate surface area is 120 Å². The molecule has 0 amide bonds. The Morgan fingerprint density at radius 2 is 1.85 bits per heavy atom. The van der Waals surface area contributed by atoms with Crippen LogP contribution in [-0.2, 0) is 9.84 Å². The zero-order chi connectivity index (χ0) is 14.6. The van der Waals surface area contributed by atoms with E-state index >= 15 is 0 Å². The van der Waals surface area contributed by atoms with Crippen LogP contribution in [-0.4, -0.2) is 31.0 Å². The second-order valence-corrected chi connectivity index (χ2v) is 7.11. The lowest BCUT2D eigenvalue weighted by molar-refractivity contribution is 0.0656. The number of rotatable bonds is 6. The summed E-state index contributed by atoms with van der Waals surface area (Å²) in [7, 11) is -3.59. The van der Waals surface area contributed by atoms with Gasteiger partial charge in [-0.1, -0.05) is 18.2 Å². The van der Waals surface area contributed by atoms with Crippen LogP contribution in [0.15, 0.2) is 56.9 Å². The van der Waals surface area contributed by atoms with Gasteiger partial charge < -0.3 is 9.52 Å². The Balaban J connectivity index is 1.98. The van der Waals surface area contributed by atoms with E-state index in [0.29, 0.717) is 5.75 Å². The van der Waals surface area contributed by atoms with Crippen LogP contribution in [0.5, 0.6) is 0 Å². The van der Waals surface area contributed by atoms with Gasteiger partial charge in [0.05, 0.1) is 5.75 Å². The topological polar surface area (TPSA) is 84.6 Å². The monoisotopic (exact) mass is 312 g/mol. The number of thioether (sulfide) groups is 1. The second-order valence-electron chi connectivity index (χ2n) is 3.90. The minimum absolute atomic E-state index is 0.112. The molecule has 106 valence electrons. The zero-order valence-corrected chi connectivity index (χ0v) is 12.0. The lowest BCUT2D eigenvalue weighted by atomic mass is 10.4. The third-order valence-corrected chi connectivity index (χ3v) is 5.31. The maximum atomic E-state index is 12.0. The minimum atomic E-state index is -3.59. The molecule has 0 radical (unpaired) electrons. The largest absolute Gasteiger partial charge is 0.475 e. The van der Waals surface area contributed by atoms with E-state index in [-0.39, 0.29) is 16.6 Å². The van der Waals surface area contributed by atoms with Crippen LogP contribution in [0.2, 0.25) is 0 Å². The summed E-state index contributed by atoms with van der Waals surface area (Å²) in [5.74, 6) is -1.40. The van der Waals surface area contributed by atoms with Crippen LogP contribution in [0.25, 0.3) is 0 Å². The number of carboxylic acids is 1. The van der Waals surface area contributed by atoms with E-state index in [2.05, 4.69) is 0 Å². The summed E-state index contributed by atoms with van der Waals surface area (Å²) in [5.41, 5.74) is 0. The zero-order valence-electron chi connectivity index (χ0n) is 10.4. The molecule has 1 aromatic heterocycles. The smallest absolute Gasteiger partial charge is 0.371 e. The van der Waals surface area contributed by atoms with Gasteiger partial charge in [0, 0.05) is 10.6 Å². The van der Waals surface area contributed by atoms with Crippen LogP contribution in [0.1, 0.15) is 10.6 Å². The molecule has 20 heavy (non-hydrogen) atoms. The van der Waals surface area contributed by atoms with Crippen molar-refractivity contribution >= 4 is 27.6 Å². The molecule has 2 rings (SSSR count). The summed E-state index contributed by atoms with van der Waals surface area (Å²) >= 11 is 1.42. The molecule has 0 aliphatic carbocycles.